The van der Waals surface area contributed by atoms with Crippen molar-refractivity contribution in [3.8, 4) is 0 Å². The number of sulfonamides is 1. The van der Waals surface area contributed by atoms with Crippen LogP contribution >= 0.6 is 11.6 Å². The number of hydrogen-bond acceptors (Lipinski definition) is 3. The summed E-state index contributed by atoms with van der Waals surface area (Å²) in [6, 6.07) is 3.58. The molecule has 7 heteroatoms. The Morgan fingerprint density at radius 2 is 2.19 bits per heavy atom. The Kier molecular flexibility index (Phi) is 4.23. The minimum absolute atomic E-state index is 0.0231. The third-order valence-corrected chi connectivity index (χ3v) is 6.49. The van der Waals surface area contributed by atoms with E-state index < -0.39 is 15.8 Å². The van der Waals surface area contributed by atoms with Crippen molar-refractivity contribution in [1.82, 2.24) is 4.31 Å². The van der Waals surface area contributed by atoms with Crippen molar-refractivity contribution in [2.75, 3.05) is 13.2 Å². The maximum Gasteiger partial charge on any atom is 0.243 e. The number of alkyl halides is 1. The monoisotopic (exact) mass is 333 g/mol. The molecule has 1 heterocycles. The highest BCUT2D eigenvalue weighted by Gasteiger charge is 2.42. The third-order valence-electron chi connectivity index (χ3n) is 4.19. The van der Waals surface area contributed by atoms with Crippen LogP contribution in [0.4, 0.5) is 4.39 Å². The van der Waals surface area contributed by atoms with E-state index in [1.807, 2.05) is 0 Å². The Morgan fingerprint density at radius 3 is 2.95 bits per heavy atom. The van der Waals surface area contributed by atoms with E-state index in [9.17, 15) is 12.8 Å². The Balaban J connectivity index is 2.02. The van der Waals surface area contributed by atoms with Crippen LogP contribution < -0.4 is 0 Å². The highest BCUT2D eigenvalue weighted by Crippen LogP contribution is 2.34. The van der Waals surface area contributed by atoms with Crippen molar-refractivity contribution >= 4 is 21.6 Å². The van der Waals surface area contributed by atoms with Gasteiger partial charge in [0.25, 0.3) is 0 Å². The summed E-state index contributed by atoms with van der Waals surface area (Å²) >= 11 is 5.81. The lowest BCUT2D eigenvalue weighted by atomic mass is 10.2. The first kappa shape index (κ1) is 15.2. The van der Waals surface area contributed by atoms with E-state index in [-0.39, 0.29) is 22.9 Å². The summed E-state index contributed by atoms with van der Waals surface area (Å²) in [4.78, 5) is -0.0231. The van der Waals surface area contributed by atoms with Gasteiger partial charge < -0.3 is 4.74 Å². The first-order chi connectivity index (χ1) is 10.0. The number of fused-ring (bicyclic) bond motifs is 1. The molecule has 4 nitrogen and oxygen atoms in total. The summed E-state index contributed by atoms with van der Waals surface area (Å²) in [5, 5.41) is 0. The lowest BCUT2D eigenvalue weighted by molar-refractivity contribution is -0.0241. The minimum Gasteiger partial charge on any atom is -0.375 e. The summed E-state index contributed by atoms with van der Waals surface area (Å²) in [6.07, 6.45) is 2.58. The van der Waals surface area contributed by atoms with E-state index in [0.29, 0.717) is 18.7 Å². The SMILES string of the molecule is O=S(=O)(c1cc(F)ccc1CCl)N1CCOC2CCCC21. The highest BCUT2D eigenvalue weighted by atomic mass is 35.5. The Hall–Kier alpha value is -0.690. The van der Waals surface area contributed by atoms with Gasteiger partial charge in [-0.3, -0.25) is 0 Å². The standard InChI is InChI=1S/C14H17ClFNO3S/c15-9-10-4-5-11(16)8-14(10)21(18,19)17-6-7-20-13-3-1-2-12(13)17/h4-5,8,12-13H,1-3,6-7,9H2. The Morgan fingerprint density at radius 1 is 1.38 bits per heavy atom. The molecule has 1 aliphatic carbocycles. The number of rotatable bonds is 3. The van der Waals surface area contributed by atoms with Gasteiger partial charge in [-0.2, -0.15) is 4.31 Å². The van der Waals surface area contributed by atoms with Gasteiger partial charge in [-0.25, -0.2) is 12.8 Å². The maximum atomic E-state index is 13.5. The molecule has 1 aromatic rings. The smallest absolute Gasteiger partial charge is 0.243 e. The third kappa shape index (κ3) is 2.70. The number of ether oxygens (including phenoxy) is 1. The molecule has 2 fully saturated rings. The zero-order chi connectivity index (χ0) is 15.0. The van der Waals surface area contributed by atoms with E-state index in [2.05, 4.69) is 0 Å². The van der Waals surface area contributed by atoms with Gasteiger partial charge in [0.2, 0.25) is 10.0 Å². The second kappa shape index (κ2) is 5.83. The molecule has 21 heavy (non-hydrogen) atoms. The fraction of sp³-hybridized carbons (Fsp3) is 0.571. The molecule has 116 valence electrons. The summed E-state index contributed by atoms with van der Waals surface area (Å²) in [5.74, 6) is -0.536. The molecule has 1 aromatic carbocycles. The van der Waals surface area contributed by atoms with Gasteiger partial charge in [0.1, 0.15) is 5.82 Å². The molecule has 1 saturated carbocycles. The molecule has 0 amide bonds. The quantitative estimate of drug-likeness (QED) is 0.798. The van der Waals surface area contributed by atoms with E-state index >= 15 is 0 Å². The van der Waals surface area contributed by atoms with Gasteiger partial charge in [0.05, 0.1) is 23.6 Å². The first-order valence-electron chi connectivity index (χ1n) is 7.02. The molecular weight excluding hydrogens is 317 g/mol. The fourth-order valence-electron chi connectivity index (χ4n) is 3.19. The second-order valence-electron chi connectivity index (χ2n) is 5.41. The number of benzene rings is 1. The predicted molar refractivity (Wildman–Crippen MR) is 77.2 cm³/mol. The lowest BCUT2D eigenvalue weighted by Crippen LogP contribution is -2.51. The van der Waals surface area contributed by atoms with Crippen LogP contribution in [-0.4, -0.2) is 38.0 Å². The van der Waals surface area contributed by atoms with Crippen molar-refractivity contribution in [2.24, 2.45) is 0 Å². The molecule has 2 unspecified atom stereocenters. The van der Waals surface area contributed by atoms with Crippen LogP contribution in [-0.2, 0) is 20.6 Å². The molecule has 1 aliphatic heterocycles. The van der Waals surface area contributed by atoms with Crippen molar-refractivity contribution in [3.63, 3.8) is 0 Å². The lowest BCUT2D eigenvalue weighted by Gasteiger charge is -2.36. The van der Waals surface area contributed by atoms with Crippen LogP contribution in [0.1, 0.15) is 24.8 Å². The average Bonchev–Trinajstić information content (AvgIpc) is 2.95. The number of halogens is 2. The molecule has 0 spiro atoms. The van der Waals surface area contributed by atoms with Crippen LogP contribution in [0, 0.1) is 5.82 Å². The normalized spacial score (nSPS) is 26.8. The summed E-state index contributed by atoms with van der Waals surface area (Å²) in [5.41, 5.74) is 0.430. The van der Waals surface area contributed by atoms with Gasteiger partial charge >= 0.3 is 0 Å². The van der Waals surface area contributed by atoms with E-state index in [0.717, 1.165) is 25.3 Å². The van der Waals surface area contributed by atoms with E-state index in [4.69, 9.17) is 16.3 Å². The van der Waals surface area contributed by atoms with Crippen LogP contribution in [0.3, 0.4) is 0 Å². The molecule has 1 saturated heterocycles. The van der Waals surface area contributed by atoms with Crippen LogP contribution in [0.2, 0.25) is 0 Å². The largest absolute Gasteiger partial charge is 0.375 e. The molecule has 0 radical (unpaired) electrons. The molecule has 0 aromatic heterocycles. The molecule has 0 bridgehead atoms. The summed E-state index contributed by atoms with van der Waals surface area (Å²) in [6.45, 7) is 0.688. The van der Waals surface area contributed by atoms with Crippen LogP contribution in [0.5, 0.6) is 0 Å². The van der Waals surface area contributed by atoms with Crippen molar-refractivity contribution < 1.29 is 17.5 Å². The van der Waals surface area contributed by atoms with Crippen molar-refractivity contribution in [2.45, 2.75) is 42.2 Å². The zero-order valence-electron chi connectivity index (χ0n) is 11.5. The molecule has 2 aliphatic rings. The summed E-state index contributed by atoms with van der Waals surface area (Å²) in [7, 11) is -3.75. The fourth-order valence-corrected chi connectivity index (χ4v) is 5.40. The predicted octanol–water partition coefficient (Wildman–Crippen LogP) is 2.51. The number of hydrogen-bond donors (Lipinski definition) is 0. The van der Waals surface area contributed by atoms with Gasteiger partial charge in [0.15, 0.2) is 0 Å². The molecule has 0 N–H and O–H groups in total. The van der Waals surface area contributed by atoms with E-state index in [1.54, 1.807) is 0 Å². The zero-order valence-corrected chi connectivity index (χ0v) is 13.0. The topological polar surface area (TPSA) is 46.6 Å². The first-order valence-corrected chi connectivity index (χ1v) is 8.99. The van der Waals surface area contributed by atoms with Crippen LogP contribution in [0.15, 0.2) is 23.1 Å². The Labute approximate surface area is 128 Å². The molecular formula is C14H17ClFNO3S. The van der Waals surface area contributed by atoms with Crippen molar-refractivity contribution in [1.29, 1.82) is 0 Å². The second-order valence-corrected chi connectivity index (χ2v) is 7.54. The molecule has 3 rings (SSSR count). The highest BCUT2D eigenvalue weighted by molar-refractivity contribution is 7.89. The number of morpholine rings is 1. The van der Waals surface area contributed by atoms with Crippen LogP contribution in [0.25, 0.3) is 0 Å². The number of nitrogens with zero attached hydrogens (tertiary/aromatic N) is 1. The summed E-state index contributed by atoms with van der Waals surface area (Å²) < 4.78 is 46.4. The minimum atomic E-state index is -3.75. The average molecular weight is 334 g/mol. The maximum absolute atomic E-state index is 13.5. The molecule has 2 atom stereocenters. The van der Waals surface area contributed by atoms with Gasteiger partial charge in [-0.05, 0) is 37.0 Å². The van der Waals surface area contributed by atoms with Gasteiger partial charge in [-0.15, -0.1) is 11.6 Å². The van der Waals surface area contributed by atoms with Gasteiger partial charge in [0, 0.05) is 12.4 Å². The van der Waals surface area contributed by atoms with Crippen molar-refractivity contribution in [3.05, 3.63) is 29.6 Å². The van der Waals surface area contributed by atoms with Gasteiger partial charge in [-0.1, -0.05) is 6.07 Å². The van der Waals surface area contributed by atoms with E-state index in [1.165, 1.54) is 16.4 Å². The Bertz CT molecular complexity index is 637.